The molecular weight excluding hydrogens is 324 g/mol. The Labute approximate surface area is 145 Å². The second-order valence-electron chi connectivity index (χ2n) is 5.70. The smallest absolute Gasteiger partial charge is 0.264 e. The molecule has 126 valence electrons. The average molecular weight is 344 g/mol. The molecule has 0 atom stereocenters. The zero-order valence-corrected chi connectivity index (χ0v) is 14.4. The third-order valence-corrected chi connectivity index (χ3v) is 4.93. The highest BCUT2D eigenvalue weighted by Gasteiger charge is 2.25. The summed E-state index contributed by atoms with van der Waals surface area (Å²) in [7, 11) is 1.64. The van der Waals surface area contributed by atoms with Gasteiger partial charge in [-0.1, -0.05) is 18.2 Å². The number of piperazine rings is 1. The highest BCUT2D eigenvalue weighted by molar-refractivity contribution is 7.12. The fourth-order valence-corrected chi connectivity index (χ4v) is 3.50. The van der Waals surface area contributed by atoms with E-state index in [1.54, 1.807) is 7.11 Å². The molecule has 6 heteroatoms. The van der Waals surface area contributed by atoms with Gasteiger partial charge in [0.2, 0.25) is 0 Å². The van der Waals surface area contributed by atoms with Crippen molar-refractivity contribution in [2.24, 2.45) is 0 Å². The predicted octanol–water partition coefficient (Wildman–Crippen LogP) is 2.49. The minimum absolute atomic E-state index is 0.0103. The Morgan fingerprint density at radius 1 is 1.04 bits per heavy atom. The lowest BCUT2D eigenvalue weighted by molar-refractivity contribution is 0.0538. The summed E-state index contributed by atoms with van der Waals surface area (Å²) >= 11 is 1.45. The summed E-state index contributed by atoms with van der Waals surface area (Å²) in [4.78, 5) is 29.4. The van der Waals surface area contributed by atoms with Crippen LogP contribution in [0.15, 0.2) is 41.8 Å². The molecule has 0 unspecified atom stereocenters. The lowest BCUT2D eigenvalue weighted by Crippen LogP contribution is -2.50. The van der Waals surface area contributed by atoms with Gasteiger partial charge >= 0.3 is 0 Å². The SMILES string of the molecule is COCc1cccc(C(=O)N2CCN(C(=O)c3cccs3)CC2)c1. The van der Waals surface area contributed by atoms with Crippen LogP contribution in [0.1, 0.15) is 25.6 Å². The summed E-state index contributed by atoms with van der Waals surface area (Å²) in [5.74, 6) is 0.0652. The standard InChI is InChI=1S/C18H20N2O3S/c1-23-13-14-4-2-5-15(12-14)17(21)19-7-9-20(10-8-19)18(22)16-6-3-11-24-16/h2-6,11-12H,7-10,13H2,1H3. The molecule has 0 bridgehead atoms. The maximum Gasteiger partial charge on any atom is 0.264 e. The van der Waals surface area contributed by atoms with Gasteiger partial charge in [-0.25, -0.2) is 0 Å². The van der Waals surface area contributed by atoms with E-state index in [0.29, 0.717) is 38.3 Å². The average Bonchev–Trinajstić information content (AvgIpc) is 3.16. The summed E-state index contributed by atoms with van der Waals surface area (Å²) in [6, 6.07) is 11.2. The molecule has 2 heterocycles. The maximum absolute atomic E-state index is 12.6. The van der Waals surface area contributed by atoms with Crippen LogP contribution in [-0.2, 0) is 11.3 Å². The Hall–Kier alpha value is -2.18. The lowest BCUT2D eigenvalue weighted by atomic mass is 10.1. The molecule has 2 amide bonds. The summed E-state index contributed by atoms with van der Waals surface area (Å²) in [6.07, 6.45) is 0. The van der Waals surface area contributed by atoms with Crippen molar-refractivity contribution in [1.82, 2.24) is 9.80 Å². The van der Waals surface area contributed by atoms with Crippen molar-refractivity contribution in [2.75, 3.05) is 33.3 Å². The van der Waals surface area contributed by atoms with Gasteiger partial charge in [-0.2, -0.15) is 0 Å². The Bertz CT molecular complexity index is 707. The van der Waals surface area contributed by atoms with Crippen molar-refractivity contribution in [3.05, 3.63) is 57.8 Å². The van der Waals surface area contributed by atoms with Crippen LogP contribution >= 0.6 is 11.3 Å². The summed E-state index contributed by atoms with van der Waals surface area (Å²) < 4.78 is 5.12. The summed E-state index contributed by atoms with van der Waals surface area (Å²) in [6.45, 7) is 2.75. The van der Waals surface area contributed by atoms with Crippen molar-refractivity contribution >= 4 is 23.2 Å². The van der Waals surface area contributed by atoms with Gasteiger partial charge in [0, 0.05) is 38.9 Å². The van der Waals surface area contributed by atoms with E-state index in [1.165, 1.54) is 11.3 Å². The van der Waals surface area contributed by atoms with Gasteiger partial charge < -0.3 is 14.5 Å². The topological polar surface area (TPSA) is 49.9 Å². The third kappa shape index (κ3) is 3.66. The first-order valence-electron chi connectivity index (χ1n) is 7.89. The Morgan fingerprint density at radius 2 is 1.75 bits per heavy atom. The monoisotopic (exact) mass is 344 g/mol. The molecule has 24 heavy (non-hydrogen) atoms. The van der Waals surface area contributed by atoms with E-state index in [-0.39, 0.29) is 11.8 Å². The quantitative estimate of drug-likeness (QED) is 0.856. The minimum Gasteiger partial charge on any atom is -0.380 e. The molecule has 5 nitrogen and oxygen atoms in total. The Kier molecular flexibility index (Phi) is 5.27. The van der Waals surface area contributed by atoms with Gasteiger partial charge in [0.15, 0.2) is 0 Å². The second-order valence-corrected chi connectivity index (χ2v) is 6.64. The molecule has 0 spiro atoms. The van der Waals surface area contributed by atoms with Crippen molar-refractivity contribution in [3.8, 4) is 0 Å². The first kappa shape index (κ1) is 16.7. The largest absolute Gasteiger partial charge is 0.380 e. The molecule has 1 aromatic heterocycles. The number of carbonyl (C=O) groups excluding carboxylic acids is 2. The van der Waals surface area contributed by atoms with Crippen LogP contribution in [0.5, 0.6) is 0 Å². The molecule has 3 rings (SSSR count). The van der Waals surface area contributed by atoms with Gasteiger partial charge in [-0.05, 0) is 29.1 Å². The van der Waals surface area contributed by atoms with Gasteiger partial charge in [0.25, 0.3) is 11.8 Å². The van der Waals surface area contributed by atoms with Crippen LogP contribution in [0, 0.1) is 0 Å². The van der Waals surface area contributed by atoms with E-state index >= 15 is 0 Å². The number of benzene rings is 1. The van der Waals surface area contributed by atoms with Crippen molar-refractivity contribution < 1.29 is 14.3 Å². The number of carbonyl (C=O) groups is 2. The first-order chi connectivity index (χ1) is 11.7. The molecule has 1 aromatic carbocycles. The van der Waals surface area contributed by atoms with Crippen molar-refractivity contribution in [2.45, 2.75) is 6.61 Å². The van der Waals surface area contributed by atoms with Crippen LogP contribution in [0.4, 0.5) is 0 Å². The number of ether oxygens (including phenoxy) is 1. The van der Waals surface area contributed by atoms with Gasteiger partial charge in [0.1, 0.15) is 0 Å². The highest BCUT2D eigenvalue weighted by Crippen LogP contribution is 2.16. The Morgan fingerprint density at radius 3 is 2.38 bits per heavy atom. The zero-order valence-electron chi connectivity index (χ0n) is 13.6. The number of hydrogen-bond donors (Lipinski definition) is 0. The molecule has 1 aliphatic rings. The maximum atomic E-state index is 12.6. The van der Waals surface area contributed by atoms with Gasteiger partial charge in [-0.3, -0.25) is 9.59 Å². The fourth-order valence-electron chi connectivity index (χ4n) is 2.81. The first-order valence-corrected chi connectivity index (χ1v) is 8.77. The predicted molar refractivity (Wildman–Crippen MR) is 93.3 cm³/mol. The summed E-state index contributed by atoms with van der Waals surface area (Å²) in [5, 5.41) is 1.90. The van der Waals surface area contributed by atoms with Crippen molar-refractivity contribution in [3.63, 3.8) is 0 Å². The van der Waals surface area contributed by atoms with E-state index in [0.717, 1.165) is 10.4 Å². The molecule has 0 aliphatic carbocycles. The number of amides is 2. The van der Waals surface area contributed by atoms with Crippen LogP contribution in [0.2, 0.25) is 0 Å². The number of rotatable bonds is 4. The molecular formula is C18H20N2O3S. The molecule has 1 aliphatic heterocycles. The second kappa shape index (κ2) is 7.59. The normalized spacial score (nSPS) is 14.7. The molecule has 0 N–H and O–H groups in total. The van der Waals surface area contributed by atoms with E-state index in [4.69, 9.17) is 4.74 Å². The van der Waals surface area contributed by atoms with Crippen LogP contribution < -0.4 is 0 Å². The number of thiophene rings is 1. The zero-order chi connectivity index (χ0) is 16.9. The van der Waals surface area contributed by atoms with Crippen molar-refractivity contribution in [1.29, 1.82) is 0 Å². The minimum atomic E-state index is 0.0103. The van der Waals surface area contributed by atoms with E-state index in [2.05, 4.69) is 0 Å². The highest BCUT2D eigenvalue weighted by atomic mass is 32.1. The number of methoxy groups -OCH3 is 1. The molecule has 0 saturated carbocycles. The number of hydrogen-bond acceptors (Lipinski definition) is 4. The molecule has 0 radical (unpaired) electrons. The Balaban J connectivity index is 1.61. The summed E-state index contributed by atoms with van der Waals surface area (Å²) in [5.41, 5.74) is 1.65. The van der Waals surface area contributed by atoms with E-state index in [9.17, 15) is 9.59 Å². The van der Waals surface area contributed by atoms with Crippen LogP contribution in [0.25, 0.3) is 0 Å². The lowest BCUT2D eigenvalue weighted by Gasteiger charge is -2.34. The van der Waals surface area contributed by atoms with E-state index < -0.39 is 0 Å². The molecule has 1 fully saturated rings. The third-order valence-electron chi connectivity index (χ3n) is 4.07. The van der Waals surface area contributed by atoms with Crippen LogP contribution in [-0.4, -0.2) is 54.9 Å². The van der Waals surface area contributed by atoms with Gasteiger partial charge in [0.05, 0.1) is 11.5 Å². The molecule has 1 saturated heterocycles. The molecule has 2 aromatic rings. The van der Waals surface area contributed by atoms with Gasteiger partial charge in [-0.15, -0.1) is 11.3 Å². The van der Waals surface area contributed by atoms with Crippen LogP contribution in [0.3, 0.4) is 0 Å². The fraction of sp³-hybridized carbons (Fsp3) is 0.333. The van der Waals surface area contributed by atoms with E-state index in [1.807, 2.05) is 51.6 Å². The number of nitrogens with zero attached hydrogens (tertiary/aromatic N) is 2.